The van der Waals surface area contributed by atoms with E-state index in [1.807, 2.05) is 19.2 Å². The molecule has 2 aliphatic heterocycles. The molecular formula is C22H34FIN4O. The minimum absolute atomic E-state index is 0. The van der Waals surface area contributed by atoms with Crippen molar-refractivity contribution in [1.29, 1.82) is 0 Å². The fourth-order valence-electron chi connectivity index (χ4n) is 5.13. The highest BCUT2D eigenvalue weighted by atomic mass is 127. The number of hydrogen-bond acceptors (Lipinski definition) is 3. The van der Waals surface area contributed by atoms with Crippen molar-refractivity contribution in [2.24, 2.45) is 16.8 Å². The second kappa shape index (κ2) is 10.9. The maximum atomic E-state index is 13.4. The number of hydrogen-bond donors (Lipinski definition) is 1. The molecule has 3 aliphatic rings. The maximum Gasteiger partial charge on any atom is 0.193 e. The minimum Gasteiger partial charge on any atom is -0.379 e. The van der Waals surface area contributed by atoms with Crippen LogP contribution in [0.25, 0.3) is 0 Å². The molecule has 1 aromatic rings. The molecule has 0 amide bonds. The monoisotopic (exact) mass is 516 g/mol. The Hall–Kier alpha value is -0.930. The molecule has 0 aromatic heterocycles. The third kappa shape index (κ3) is 5.61. The van der Waals surface area contributed by atoms with Crippen LogP contribution in [0.2, 0.25) is 0 Å². The maximum absolute atomic E-state index is 13.4. The van der Waals surface area contributed by atoms with Crippen LogP contribution in [-0.2, 0) is 4.74 Å². The molecule has 3 fully saturated rings. The Morgan fingerprint density at radius 1 is 1.14 bits per heavy atom. The van der Waals surface area contributed by atoms with Gasteiger partial charge in [0.2, 0.25) is 0 Å². The van der Waals surface area contributed by atoms with Gasteiger partial charge in [0.25, 0.3) is 0 Å². The molecule has 3 atom stereocenters. The molecule has 4 rings (SSSR count). The van der Waals surface area contributed by atoms with Crippen LogP contribution in [0.1, 0.15) is 37.3 Å². The average Bonchev–Trinajstić information content (AvgIpc) is 3.17. The molecule has 1 N–H and O–H groups in total. The number of aliphatic imine (C=N–C) groups is 1. The Morgan fingerprint density at radius 3 is 2.34 bits per heavy atom. The number of rotatable bonds is 4. The van der Waals surface area contributed by atoms with E-state index in [0.717, 1.165) is 69.3 Å². The smallest absolute Gasteiger partial charge is 0.193 e. The summed E-state index contributed by atoms with van der Waals surface area (Å²) >= 11 is 0. The van der Waals surface area contributed by atoms with E-state index >= 15 is 0 Å². The van der Waals surface area contributed by atoms with E-state index in [0.29, 0.717) is 0 Å². The van der Waals surface area contributed by atoms with Gasteiger partial charge in [-0.1, -0.05) is 25.0 Å². The van der Waals surface area contributed by atoms with Crippen molar-refractivity contribution in [1.82, 2.24) is 15.1 Å². The molecular weight excluding hydrogens is 482 g/mol. The van der Waals surface area contributed by atoms with Crippen LogP contribution in [0.5, 0.6) is 0 Å². The number of nitrogens with zero attached hydrogens (tertiary/aromatic N) is 3. The van der Waals surface area contributed by atoms with E-state index in [1.165, 1.54) is 25.7 Å². The molecule has 29 heavy (non-hydrogen) atoms. The first-order valence-corrected chi connectivity index (χ1v) is 10.8. The Kier molecular flexibility index (Phi) is 8.56. The first-order chi connectivity index (χ1) is 13.7. The highest BCUT2D eigenvalue weighted by molar-refractivity contribution is 14.0. The third-order valence-corrected chi connectivity index (χ3v) is 6.68. The molecule has 0 spiro atoms. The van der Waals surface area contributed by atoms with Gasteiger partial charge in [0.15, 0.2) is 5.96 Å². The zero-order valence-corrected chi connectivity index (χ0v) is 19.7. The van der Waals surface area contributed by atoms with E-state index in [4.69, 9.17) is 4.74 Å². The van der Waals surface area contributed by atoms with Gasteiger partial charge in [-0.05, 0) is 42.4 Å². The van der Waals surface area contributed by atoms with Crippen LogP contribution in [0.15, 0.2) is 29.3 Å². The van der Waals surface area contributed by atoms with Gasteiger partial charge in [0.1, 0.15) is 5.82 Å². The summed E-state index contributed by atoms with van der Waals surface area (Å²) in [5.41, 5.74) is 1.14. The van der Waals surface area contributed by atoms with E-state index in [1.54, 1.807) is 12.1 Å². The summed E-state index contributed by atoms with van der Waals surface area (Å²) in [4.78, 5) is 9.46. The number of likely N-dealkylation sites (tertiary alicyclic amines) is 1. The fourth-order valence-corrected chi connectivity index (χ4v) is 5.13. The first kappa shape index (κ1) is 22.7. The molecule has 2 heterocycles. The van der Waals surface area contributed by atoms with Crippen molar-refractivity contribution in [3.8, 4) is 0 Å². The zero-order valence-electron chi connectivity index (χ0n) is 17.4. The number of guanidine groups is 1. The van der Waals surface area contributed by atoms with Crippen LogP contribution in [0.4, 0.5) is 4.39 Å². The molecule has 3 unspecified atom stereocenters. The molecule has 1 aromatic carbocycles. The first-order valence-electron chi connectivity index (χ1n) is 10.8. The van der Waals surface area contributed by atoms with Crippen molar-refractivity contribution in [2.75, 3.05) is 53.0 Å². The third-order valence-electron chi connectivity index (χ3n) is 6.68. The van der Waals surface area contributed by atoms with Crippen LogP contribution in [0, 0.1) is 17.7 Å². The van der Waals surface area contributed by atoms with Crippen LogP contribution in [-0.4, -0.2) is 68.7 Å². The highest BCUT2D eigenvalue weighted by Crippen LogP contribution is 2.36. The summed E-state index contributed by atoms with van der Waals surface area (Å²) in [7, 11) is 1.88. The van der Waals surface area contributed by atoms with Crippen molar-refractivity contribution in [3.05, 3.63) is 35.6 Å². The second-order valence-electron chi connectivity index (χ2n) is 8.35. The van der Waals surface area contributed by atoms with Crippen LogP contribution >= 0.6 is 24.0 Å². The van der Waals surface area contributed by atoms with Gasteiger partial charge in [-0.25, -0.2) is 4.39 Å². The SMILES string of the molecule is CN=C(NCC(c1ccc(F)cc1)N1CCOCC1)N1CC2CCCCC2C1.I. The lowest BCUT2D eigenvalue weighted by molar-refractivity contribution is 0.0169. The fraction of sp³-hybridized carbons (Fsp3) is 0.682. The van der Waals surface area contributed by atoms with E-state index < -0.39 is 0 Å². The summed E-state index contributed by atoms with van der Waals surface area (Å²) in [6.45, 7) is 6.33. The van der Waals surface area contributed by atoms with E-state index in [9.17, 15) is 4.39 Å². The molecule has 162 valence electrons. The topological polar surface area (TPSA) is 40.1 Å². The van der Waals surface area contributed by atoms with Crippen LogP contribution < -0.4 is 5.32 Å². The van der Waals surface area contributed by atoms with E-state index in [-0.39, 0.29) is 35.8 Å². The van der Waals surface area contributed by atoms with Crippen molar-refractivity contribution >= 4 is 29.9 Å². The molecule has 7 heteroatoms. The van der Waals surface area contributed by atoms with Crippen molar-refractivity contribution in [2.45, 2.75) is 31.7 Å². The molecule has 1 aliphatic carbocycles. The molecule has 0 bridgehead atoms. The largest absolute Gasteiger partial charge is 0.379 e. The van der Waals surface area contributed by atoms with Gasteiger partial charge in [0.05, 0.1) is 19.3 Å². The average molecular weight is 516 g/mol. The number of ether oxygens (including phenoxy) is 1. The Balaban J connectivity index is 0.00000240. The number of halogens is 2. The Bertz CT molecular complexity index is 651. The highest BCUT2D eigenvalue weighted by Gasteiger charge is 2.35. The Labute approximate surface area is 191 Å². The van der Waals surface area contributed by atoms with Gasteiger partial charge >= 0.3 is 0 Å². The van der Waals surface area contributed by atoms with Gasteiger partial charge in [-0.2, -0.15) is 0 Å². The lowest BCUT2D eigenvalue weighted by atomic mass is 9.82. The molecule has 0 radical (unpaired) electrons. The van der Waals surface area contributed by atoms with Gasteiger partial charge in [0, 0.05) is 39.8 Å². The van der Waals surface area contributed by atoms with Crippen LogP contribution in [0.3, 0.4) is 0 Å². The zero-order chi connectivity index (χ0) is 19.3. The second-order valence-corrected chi connectivity index (χ2v) is 8.35. The van der Waals surface area contributed by atoms with Gasteiger partial charge < -0.3 is 15.0 Å². The number of nitrogens with one attached hydrogen (secondary N) is 1. The van der Waals surface area contributed by atoms with Gasteiger partial charge in [-0.15, -0.1) is 24.0 Å². The lowest BCUT2D eigenvalue weighted by Crippen LogP contribution is -2.47. The summed E-state index contributed by atoms with van der Waals surface area (Å²) in [6.07, 6.45) is 5.49. The standard InChI is InChI=1S/C22H33FN4O.HI/c1-24-22(27-15-18-4-2-3-5-19(18)16-27)25-14-21(26-10-12-28-13-11-26)17-6-8-20(23)9-7-17;/h6-9,18-19,21H,2-5,10-16H2,1H3,(H,24,25);1H. The summed E-state index contributed by atoms with van der Waals surface area (Å²) in [5.74, 6) is 2.49. The minimum atomic E-state index is -0.187. The molecule has 1 saturated carbocycles. The lowest BCUT2D eigenvalue weighted by Gasteiger charge is -2.35. The van der Waals surface area contributed by atoms with Gasteiger partial charge in [-0.3, -0.25) is 9.89 Å². The predicted octanol–water partition coefficient (Wildman–Crippen LogP) is 3.51. The number of morpholine rings is 1. The summed E-state index contributed by atoms with van der Waals surface area (Å²) < 4.78 is 19.0. The van der Waals surface area contributed by atoms with E-state index in [2.05, 4.69) is 20.1 Å². The Morgan fingerprint density at radius 2 is 1.76 bits per heavy atom. The molecule has 5 nitrogen and oxygen atoms in total. The molecule has 2 saturated heterocycles. The summed E-state index contributed by atoms with van der Waals surface area (Å²) in [5, 5.41) is 3.63. The van der Waals surface area contributed by atoms with Crippen molar-refractivity contribution < 1.29 is 9.13 Å². The van der Waals surface area contributed by atoms with Crippen molar-refractivity contribution in [3.63, 3.8) is 0 Å². The quantitative estimate of drug-likeness (QED) is 0.378. The summed E-state index contributed by atoms with van der Waals surface area (Å²) in [6, 6.07) is 7.12. The predicted molar refractivity (Wildman–Crippen MR) is 125 cm³/mol. The normalized spacial score (nSPS) is 26.6. The number of fused-ring (bicyclic) bond motifs is 1. The number of benzene rings is 1.